The van der Waals surface area contributed by atoms with Crippen LogP contribution in [0.3, 0.4) is 0 Å². The van der Waals surface area contributed by atoms with Crippen molar-refractivity contribution in [2.24, 2.45) is 0 Å². The highest BCUT2D eigenvalue weighted by molar-refractivity contribution is 6.46. The van der Waals surface area contributed by atoms with Gasteiger partial charge in [0, 0.05) is 17.7 Å². The average Bonchev–Trinajstić information content (AvgIpc) is 3.13. The fourth-order valence-electron chi connectivity index (χ4n) is 5.14. The van der Waals surface area contributed by atoms with Crippen LogP contribution in [0.1, 0.15) is 82.3 Å². The van der Waals surface area contributed by atoms with Crippen LogP contribution in [0.4, 0.5) is 0 Å². The molecule has 1 amide bonds. The summed E-state index contributed by atoms with van der Waals surface area (Å²) in [5, 5.41) is 11.7. The number of hydrogen-bond donors (Lipinski definition) is 1. The van der Waals surface area contributed by atoms with Crippen LogP contribution >= 0.6 is 0 Å². The molecule has 0 radical (unpaired) electrons. The molecule has 1 aliphatic rings. The lowest BCUT2D eigenvalue weighted by Gasteiger charge is -2.26. The maximum Gasteiger partial charge on any atom is 0.295 e. The predicted octanol–water partition coefficient (Wildman–Crippen LogP) is 7.49. The number of aliphatic hydroxyl groups excluding tert-OH is 1. The zero-order chi connectivity index (χ0) is 30.1. The van der Waals surface area contributed by atoms with Crippen LogP contribution in [0.25, 0.3) is 5.76 Å². The summed E-state index contributed by atoms with van der Waals surface area (Å²) in [6.07, 6.45) is 0. The van der Waals surface area contributed by atoms with Crippen LogP contribution in [-0.2, 0) is 21.5 Å². The molecule has 1 aliphatic heterocycles. The Balaban J connectivity index is 1.81. The van der Waals surface area contributed by atoms with Gasteiger partial charge < -0.3 is 19.5 Å². The summed E-state index contributed by atoms with van der Waals surface area (Å²) in [6.45, 7) is 16.8. The number of ketones is 1. The van der Waals surface area contributed by atoms with Gasteiger partial charge in [-0.25, -0.2) is 0 Å². The van der Waals surface area contributed by atoms with E-state index < -0.39 is 17.7 Å². The van der Waals surface area contributed by atoms with Gasteiger partial charge in [0.2, 0.25) is 0 Å². The molecule has 1 fully saturated rings. The summed E-state index contributed by atoms with van der Waals surface area (Å²) in [4.78, 5) is 28.7. The largest absolute Gasteiger partial charge is 0.507 e. The number of aliphatic hydroxyl groups is 1. The van der Waals surface area contributed by atoms with Crippen molar-refractivity contribution in [1.82, 2.24) is 4.90 Å². The third-order valence-electron chi connectivity index (χ3n) is 6.96. The molecule has 1 N–H and O–H groups in total. The summed E-state index contributed by atoms with van der Waals surface area (Å²) in [6, 6.07) is 19.9. The molecule has 1 saturated heterocycles. The first kappa shape index (κ1) is 29.9. The Hall–Kier alpha value is -4.06. The second-order valence-electron chi connectivity index (χ2n) is 12.6. The number of aryl methyl sites for hydroxylation is 1. The van der Waals surface area contributed by atoms with Gasteiger partial charge in [-0.15, -0.1) is 0 Å². The van der Waals surface area contributed by atoms with Gasteiger partial charge in [0.15, 0.2) is 0 Å². The molecule has 216 valence electrons. The van der Waals surface area contributed by atoms with Crippen LogP contribution in [0, 0.1) is 6.92 Å². The van der Waals surface area contributed by atoms with E-state index in [1.165, 1.54) is 0 Å². The second kappa shape index (κ2) is 11.4. The van der Waals surface area contributed by atoms with Crippen molar-refractivity contribution in [2.45, 2.75) is 79.0 Å². The first-order valence-corrected chi connectivity index (χ1v) is 14.1. The third-order valence-corrected chi connectivity index (χ3v) is 6.96. The Morgan fingerprint density at radius 1 is 0.927 bits per heavy atom. The number of amides is 1. The maximum atomic E-state index is 13.6. The highest BCUT2D eigenvalue weighted by Gasteiger charge is 2.46. The Morgan fingerprint density at radius 2 is 1.61 bits per heavy atom. The Bertz CT molecular complexity index is 1470. The molecule has 1 unspecified atom stereocenters. The normalized spacial score (nSPS) is 17.2. The smallest absolute Gasteiger partial charge is 0.295 e. The molecule has 0 aromatic heterocycles. The first-order valence-electron chi connectivity index (χ1n) is 14.1. The molecule has 1 heterocycles. The van der Waals surface area contributed by atoms with Crippen LogP contribution in [0.5, 0.6) is 11.5 Å². The number of hydrogen-bond acceptors (Lipinski definition) is 5. The van der Waals surface area contributed by atoms with Gasteiger partial charge in [-0.2, -0.15) is 0 Å². The monoisotopic (exact) mass is 555 g/mol. The molecule has 6 nitrogen and oxygen atoms in total. The van der Waals surface area contributed by atoms with Crippen molar-refractivity contribution in [1.29, 1.82) is 0 Å². The van der Waals surface area contributed by atoms with E-state index in [2.05, 4.69) is 20.8 Å². The Labute approximate surface area is 243 Å². The summed E-state index contributed by atoms with van der Waals surface area (Å²) in [5.74, 6) is -0.0856. The SMILES string of the molecule is CCOc1ccc(/C(O)=C2/C(=O)C(=O)N(Cc3ccc(OC(C)(C)C)cc3)C2c2cccc(C)c2)cc1C(C)(C)C. The zero-order valence-electron chi connectivity index (χ0n) is 25.4. The summed E-state index contributed by atoms with van der Waals surface area (Å²) >= 11 is 0. The molecule has 4 rings (SSSR count). The minimum Gasteiger partial charge on any atom is -0.507 e. The number of Topliss-reactive ketones (excluding diaryl/α,β-unsaturated/α-hetero) is 1. The van der Waals surface area contributed by atoms with Crippen molar-refractivity contribution in [3.8, 4) is 11.5 Å². The van der Waals surface area contributed by atoms with Gasteiger partial charge in [0.1, 0.15) is 22.9 Å². The van der Waals surface area contributed by atoms with E-state index in [-0.39, 0.29) is 28.9 Å². The number of carbonyl (C=O) groups excluding carboxylic acids is 2. The molecular weight excluding hydrogens is 514 g/mol. The van der Waals surface area contributed by atoms with E-state index in [0.717, 1.165) is 33.8 Å². The van der Waals surface area contributed by atoms with Gasteiger partial charge >= 0.3 is 0 Å². The lowest BCUT2D eigenvalue weighted by Crippen LogP contribution is -2.29. The first-order chi connectivity index (χ1) is 19.2. The highest BCUT2D eigenvalue weighted by Crippen LogP contribution is 2.42. The van der Waals surface area contributed by atoms with E-state index >= 15 is 0 Å². The van der Waals surface area contributed by atoms with Crippen molar-refractivity contribution >= 4 is 17.4 Å². The summed E-state index contributed by atoms with van der Waals surface area (Å²) in [7, 11) is 0. The molecule has 1 atom stereocenters. The summed E-state index contributed by atoms with van der Waals surface area (Å²) < 4.78 is 11.8. The number of likely N-dealkylation sites (tertiary alicyclic amines) is 1. The Morgan fingerprint density at radius 3 is 2.20 bits per heavy atom. The van der Waals surface area contributed by atoms with E-state index in [9.17, 15) is 14.7 Å². The molecule has 0 saturated carbocycles. The van der Waals surface area contributed by atoms with Crippen LogP contribution in [-0.4, -0.2) is 33.9 Å². The molecule has 0 spiro atoms. The van der Waals surface area contributed by atoms with Gasteiger partial charge in [-0.3, -0.25) is 9.59 Å². The average molecular weight is 556 g/mol. The molecule has 0 aliphatic carbocycles. The van der Waals surface area contributed by atoms with Gasteiger partial charge in [-0.1, -0.05) is 62.7 Å². The van der Waals surface area contributed by atoms with Crippen LogP contribution in [0.2, 0.25) is 0 Å². The van der Waals surface area contributed by atoms with Gasteiger partial charge in [0.05, 0.1) is 18.2 Å². The zero-order valence-corrected chi connectivity index (χ0v) is 25.4. The van der Waals surface area contributed by atoms with E-state index in [4.69, 9.17) is 9.47 Å². The Kier molecular flexibility index (Phi) is 8.34. The van der Waals surface area contributed by atoms with Crippen LogP contribution < -0.4 is 9.47 Å². The minimum absolute atomic E-state index is 0.0808. The molecule has 3 aromatic carbocycles. The fourth-order valence-corrected chi connectivity index (χ4v) is 5.14. The standard InChI is InChI=1S/C35H41NO5/c1-9-40-28-18-15-25(20-27(28)34(3,4)5)31(37)29-30(24-12-10-11-22(2)19-24)36(33(39)32(29)38)21-23-13-16-26(17-14-23)41-35(6,7)8/h10-20,30,37H,9,21H2,1-8H3/b31-29-. The van der Waals surface area contributed by atoms with Gasteiger partial charge in [0.25, 0.3) is 11.7 Å². The van der Waals surface area contributed by atoms with Crippen molar-refractivity contribution in [3.63, 3.8) is 0 Å². The maximum absolute atomic E-state index is 13.6. The molecule has 3 aromatic rings. The second-order valence-corrected chi connectivity index (χ2v) is 12.6. The highest BCUT2D eigenvalue weighted by atomic mass is 16.5. The minimum atomic E-state index is -0.745. The van der Waals surface area contributed by atoms with Gasteiger partial charge in [-0.05, 0) is 81.5 Å². The molecule has 41 heavy (non-hydrogen) atoms. The lowest BCUT2D eigenvalue weighted by molar-refractivity contribution is -0.140. The molecule has 6 heteroatoms. The van der Waals surface area contributed by atoms with Crippen molar-refractivity contribution in [2.75, 3.05) is 6.61 Å². The molecule has 0 bridgehead atoms. The molecular formula is C35H41NO5. The topological polar surface area (TPSA) is 76.1 Å². The van der Waals surface area contributed by atoms with E-state index in [0.29, 0.717) is 12.2 Å². The summed E-state index contributed by atoms with van der Waals surface area (Å²) in [5.41, 5.74) is 3.46. The quantitative estimate of drug-likeness (QED) is 0.186. The van der Waals surface area contributed by atoms with Crippen molar-refractivity contribution < 1.29 is 24.2 Å². The van der Waals surface area contributed by atoms with Crippen LogP contribution in [0.15, 0.2) is 72.3 Å². The number of ether oxygens (including phenoxy) is 2. The number of rotatable bonds is 7. The number of benzene rings is 3. The number of nitrogens with zero attached hydrogens (tertiary/aromatic N) is 1. The van der Waals surface area contributed by atoms with E-state index in [1.54, 1.807) is 11.0 Å². The lowest BCUT2D eigenvalue weighted by atomic mass is 9.84. The number of carbonyl (C=O) groups is 2. The van der Waals surface area contributed by atoms with E-state index in [1.807, 2.05) is 95.3 Å². The third kappa shape index (κ3) is 6.64. The fraction of sp³-hybridized carbons (Fsp3) is 0.371. The van der Waals surface area contributed by atoms with Crippen molar-refractivity contribution in [3.05, 3.63) is 100 Å². The predicted molar refractivity (Wildman–Crippen MR) is 162 cm³/mol.